The highest BCUT2D eigenvalue weighted by Crippen LogP contribution is 2.47. The van der Waals surface area contributed by atoms with E-state index in [9.17, 15) is 9.90 Å². The fourth-order valence-electron chi connectivity index (χ4n) is 3.76. The van der Waals surface area contributed by atoms with E-state index in [1.54, 1.807) is 26.0 Å². The van der Waals surface area contributed by atoms with Gasteiger partial charge in [-0.3, -0.25) is 4.79 Å². The second kappa shape index (κ2) is 5.57. The Labute approximate surface area is 144 Å². The summed E-state index contributed by atoms with van der Waals surface area (Å²) in [6.07, 6.45) is -2.94. The molecule has 2 heterocycles. The number of benzene rings is 1. The smallest absolute Gasteiger partial charge is 0.231 e. The number of Topliss-reactive ketones (excluding diaryl/α,β-unsaturated/α-hetero) is 1. The Hall–Kier alpha value is -1.87. The summed E-state index contributed by atoms with van der Waals surface area (Å²) < 4.78 is 27.6. The van der Waals surface area contributed by atoms with Crippen LogP contribution in [0.5, 0.6) is 17.2 Å². The van der Waals surface area contributed by atoms with Crippen LogP contribution in [-0.2, 0) is 14.3 Å². The van der Waals surface area contributed by atoms with Gasteiger partial charge < -0.3 is 34.5 Å². The summed E-state index contributed by atoms with van der Waals surface area (Å²) in [5.74, 6) is -0.373. The van der Waals surface area contributed by atoms with E-state index in [4.69, 9.17) is 29.4 Å². The van der Waals surface area contributed by atoms with Gasteiger partial charge in [-0.1, -0.05) is 0 Å². The summed E-state index contributed by atoms with van der Waals surface area (Å²) in [6, 6.07) is 2.75. The van der Waals surface area contributed by atoms with Gasteiger partial charge in [-0.2, -0.15) is 0 Å². The number of methoxy groups -OCH3 is 1. The van der Waals surface area contributed by atoms with Crippen LogP contribution in [0.2, 0.25) is 0 Å². The minimum atomic E-state index is -1.13. The summed E-state index contributed by atoms with van der Waals surface area (Å²) in [6.45, 7) is 3.51. The average molecular weight is 351 g/mol. The lowest BCUT2D eigenvalue weighted by Crippen LogP contribution is -2.68. The van der Waals surface area contributed by atoms with Crippen LogP contribution in [0.1, 0.15) is 25.3 Å². The first-order chi connectivity index (χ1) is 11.8. The van der Waals surface area contributed by atoms with E-state index >= 15 is 0 Å². The number of carbonyl (C=O) groups excluding carboxylic acids is 1. The molecule has 2 bridgehead atoms. The van der Waals surface area contributed by atoms with Crippen molar-refractivity contribution in [2.75, 3.05) is 13.9 Å². The molecule has 2 aliphatic heterocycles. The molecule has 25 heavy (non-hydrogen) atoms. The number of rotatable bonds is 2. The molecule has 3 N–H and O–H groups in total. The first-order valence-corrected chi connectivity index (χ1v) is 8.13. The zero-order valence-corrected chi connectivity index (χ0v) is 14.2. The van der Waals surface area contributed by atoms with Crippen molar-refractivity contribution in [3.05, 3.63) is 17.7 Å². The third-order valence-corrected chi connectivity index (χ3v) is 4.89. The summed E-state index contributed by atoms with van der Waals surface area (Å²) >= 11 is 0. The molecule has 0 aromatic heterocycles. The van der Waals surface area contributed by atoms with E-state index in [-0.39, 0.29) is 12.6 Å². The Morgan fingerprint density at radius 1 is 1.24 bits per heavy atom. The monoisotopic (exact) mass is 351 g/mol. The van der Waals surface area contributed by atoms with Gasteiger partial charge in [0.2, 0.25) is 12.5 Å². The number of carbonyl (C=O) groups is 1. The zero-order chi connectivity index (χ0) is 17.9. The van der Waals surface area contributed by atoms with Crippen LogP contribution < -0.4 is 19.9 Å². The van der Waals surface area contributed by atoms with Crippen LogP contribution in [0.3, 0.4) is 0 Å². The summed E-state index contributed by atoms with van der Waals surface area (Å²) in [4.78, 5) is 12.7. The molecular weight excluding hydrogens is 330 g/mol. The fourth-order valence-corrected chi connectivity index (χ4v) is 3.76. The molecular formula is C17H21NO7. The lowest BCUT2D eigenvalue weighted by Gasteiger charge is -2.50. The van der Waals surface area contributed by atoms with Gasteiger partial charge in [0.1, 0.15) is 18.3 Å². The highest BCUT2D eigenvalue weighted by molar-refractivity contribution is 5.91. The van der Waals surface area contributed by atoms with Crippen molar-refractivity contribution in [3.8, 4) is 17.2 Å². The number of aliphatic hydroxyl groups is 1. The van der Waals surface area contributed by atoms with Crippen LogP contribution in [0, 0.1) is 0 Å². The van der Waals surface area contributed by atoms with E-state index in [0.717, 1.165) is 0 Å². The number of hydrogen-bond acceptors (Lipinski definition) is 8. The minimum absolute atomic E-state index is 0.0935. The average Bonchev–Trinajstić information content (AvgIpc) is 3.03. The van der Waals surface area contributed by atoms with E-state index in [2.05, 4.69) is 0 Å². The molecule has 8 nitrogen and oxygen atoms in total. The van der Waals surface area contributed by atoms with E-state index in [0.29, 0.717) is 22.8 Å². The van der Waals surface area contributed by atoms with Gasteiger partial charge >= 0.3 is 0 Å². The molecule has 5 atom stereocenters. The molecule has 0 spiro atoms. The second-order valence-electron chi connectivity index (χ2n) is 6.93. The van der Waals surface area contributed by atoms with Gasteiger partial charge in [0, 0.05) is 12.0 Å². The second-order valence-corrected chi connectivity index (χ2v) is 6.93. The molecule has 4 rings (SSSR count). The Bertz CT molecular complexity index is 719. The predicted molar refractivity (Wildman–Crippen MR) is 84.7 cm³/mol. The molecule has 0 amide bonds. The van der Waals surface area contributed by atoms with Crippen molar-refractivity contribution in [2.24, 2.45) is 5.73 Å². The molecule has 3 aliphatic rings. The number of hydrogen-bond donors (Lipinski definition) is 2. The lowest BCUT2D eigenvalue weighted by molar-refractivity contribution is -0.307. The van der Waals surface area contributed by atoms with Crippen molar-refractivity contribution in [2.45, 2.75) is 49.9 Å². The number of ketones is 1. The molecule has 136 valence electrons. The van der Waals surface area contributed by atoms with Crippen molar-refractivity contribution in [1.29, 1.82) is 0 Å². The number of fused-ring (bicyclic) bond motifs is 3. The van der Waals surface area contributed by atoms with Gasteiger partial charge in [-0.05, 0) is 31.5 Å². The minimum Gasteiger partial charge on any atom is -0.493 e. The Balaban J connectivity index is 1.80. The highest BCUT2D eigenvalue weighted by atomic mass is 16.7. The zero-order valence-electron chi connectivity index (χ0n) is 14.2. The SMILES string of the molecule is COc1cc(C2[C@@H](N)[C@H](O)[C@@H]3OC(C)(C)O[C@H]2C3=O)cc2c1OCO2. The van der Waals surface area contributed by atoms with Gasteiger partial charge in [0.15, 0.2) is 23.1 Å². The van der Waals surface area contributed by atoms with E-state index < -0.39 is 36.1 Å². The maximum absolute atomic E-state index is 12.7. The first-order valence-electron chi connectivity index (χ1n) is 8.13. The largest absolute Gasteiger partial charge is 0.493 e. The summed E-state index contributed by atoms with van der Waals surface area (Å²) in [5.41, 5.74) is 6.94. The molecule has 2 fully saturated rings. The van der Waals surface area contributed by atoms with Crippen molar-refractivity contribution < 1.29 is 33.6 Å². The number of ether oxygens (including phenoxy) is 5. The maximum atomic E-state index is 12.7. The summed E-state index contributed by atoms with van der Waals surface area (Å²) in [5, 5.41) is 10.5. The van der Waals surface area contributed by atoms with Gasteiger partial charge in [0.05, 0.1) is 7.11 Å². The Morgan fingerprint density at radius 2 is 1.96 bits per heavy atom. The normalized spacial score (nSPS) is 35.6. The van der Waals surface area contributed by atoms with Gasteiger partial charge in [-0.25, -0.2) is 0 Å². The fraction of sp³-hybridized carbons (Fsp3) is 0.588. The van der Waals surface area contributed by atoms with Gasteiger partial charge in [0.25, 0.3) is 0 Å². The number of aliphatic hydroxyl groups excluding tert-OH is 1. The predicted octanol–water partition coefficient (Wildman–Crippen LogP) is 0.298. The standard InChI is InChI=1S/C17H21NO7/c1-17(2)24-15-10(11(18)12(19)16(25-17)13(15)20)7-4-8(21-3)14-9(5-7)22-6-23-14/h4-5,10-12,15-16,19H,6,18H2,1-3H3/t10?,11-,12+,15-,16+/m1/s1. The maximum Gasteiger partial charge on any atom is 0.231 e. The highest BCUT2D eigenvalue weighted by Gasteiger charge is 2.56. The van der Waals surface area contributed by atoms with Crippen molar-refractivity contribution in [3.63, 3.8) is 0 Å². The van der Waals surface area contributed by atoms with Crippen LogP contribution >= 0.6 is 0 Å². The molecule has 1 saturated carbocycles. The quantitative estimate of drug-likeness (QED) is 0.783. The van der Waals surface area contributed by atoms with Gasteiger partial charge in [-0.15, -0.1) is 0 Å². The number of nitrogens with two attached hydrogens (primary N) is 1. The molecule has 1 unspecified atom stereocenters. The lowest BCUT2D eigenvalue weighted by atomic mass is 9.73. The van der Waals surface area contributed by atoms with Crippen LogP contribution in [0.25, 0.3) is 0 Å². The topological polar surface area (TPSA) is 109 Å². The molecule has 1 aromatic rings. The van der Waals surface area contributed by atoms with Crippen LogP contribution in [0.15, 0.2) is 12.1 Å². The molecule has 8 heteroatoms. The Kier molecular flexibility index (Phi) is 3.69. The van der Waals surface area contributed by atoms with E-state index in [1.165, 1.54) is 7.11 Å². The summed E-state index contributed by atoms with van der Waals surface area (Å²) in [7, 11) is 1.52. The first kappa shape index (κ1) is 16.6. The third kappa shape index (κ3) is 2.48. The molecule has 1 aliphatic carbocycles. The van der Waals surface area contributed by atoms with Crippen molar-refractivity contribution >= 4 is 5.78 Å². The molecule has 1 saturated heterocycles. The van der Waals surface area contributed by atoms with Crippen LogP contribution in [-0.4, -0.2) is 54.9 Å². The molecule has 0 radical (unpaired) electrons. The van der Waals surface area contributed by atoms with Crippen LogP contribution in [0.4, 0.5) is 0 Å². The third-order valence-electron chi connectivity index (χ3n) is 4.89. The van der Waals surface area contributed by atoms with E-state index in [1.807, 2.05) is 0 Å². The Morgan fingerprint density at radius 3 is 2.68 bits per heavy atom. The molecule has 1 aromatic carbocycles. The van der Waals surface area contributed by atoms with Crippen molar-refractivity contribution in [1.82, 2.24) is 0 Å².